The number of rotatable bonds is 5. The van der Waals surface area contributed by atoms with Crippen molar-refractivity contribution >= 4 is 17.6 Å². The van der Waals surface area contributed by atoms with E-state index in [9.17, 15) is 4.39 Å². The highest BCUT2D eigenvalue weighted by Gasteiger charge is 2.12. The molecule has 0 radical (unpaired) electrons. The highest BCUT2D eigenvalue weighted by atomic mass is 32.2. The first-order valence-electron chi connectivity index (χ1n) is 4.92. The Bertz CT molecular complexity index is 384. The number of halogens is 1. The van der Waals surface area contributed by atoms with E-state index in [4.69, 9.17) is 16.2 Å². The Balaban J connectivity index is 2.87. The number of aliphatic hydroxyl groups excluding tert-OH is 1. The lowest BCUT2D eigenvalue weighted by Gasteiger charge is -2.11. The first-order valence-corrected chi connectivity index (χ1v) is 5.91. The van der Waals surface area contributed by atoms with Crippen LogP contribution >= 0.6 is 11.8 Å². The van der Waals surface area contributed by atoms with Gasteiger partial charge in [0.15, 0.2) is 0 Å². The number of benzene rings is 1. The lowest BCUT2D eigenvalue weighted by Crippen LogP contribution is -2.15. The summed E-state index contributed by atoms with van der Waals surface area (Å²) in [4.78, 5) is 0.646. The van der Waals surface area contributed by atoms with Crippen molar-refractivity contribution in [1.29, 1.82) is 5.41 Å². The maximum absolute atomic E-state index is 13.4. The van der Waals surface area contributed by atoms with Crippen LogP contribution in [0.4, 0.5) is 4.39 Å². The largest absolute Gasteiger partial charge is 0.396 e. The molecule has 3 nitrogen and oxygen atoms in total. The first kappa shape index (κ1) is 13.0. The van der Waals surface area contributed by atoms with Gasteiger partial charge in [-0.05, 0) is 18.1 Å². The molecule has 1 aromatic carbocycles. The molecule has 1 rings (SSSR count). The molecule has 0 bridgehead atoms. The number of amidine groups is 1. The monoisotopic (exact) mass is 242 g/mol. The second-order valence-electron chi connectivity index (χ2n) is 3.63. The van der Waals surface area contributed by atoms with Crippen molar-refractivity contribution in [2.75, 3.05) is 12.4 Å². The number of aliphatic hydroxyl groups is 1. The molecule has 0 amide bonds. The molecule has 0 heterocycles. The van der Waals surface area contributed by atoms with Crippen molar-refractivity contribution in [3.8, 4) is 0 Å². The summed E-state index contributed by atoms with van der Waals surface area (Å²) in [6.07, 6.45) is 0. The molecule has 1 atom stereocenters. The van der Waals surface area contributed by atoms with E-state index in [1.165, 1.54) is 17.8 Å². The summed E-state index contributed by atoms with van der Waals surface area (Å²) in [5.41, 5.74) is 5.49. The van der Waals surface area contributed by atoms with E-state index in [1.54, 1.807) is 12.1 Å². The maximum atomic E-state index is 13.4. The predicted octanol–water partition coefficient (Wildman–Crippen LogP) is 1.83. The molecule has 0 aromatic heterocycles. The molecule has 0 spiro atoms. The zero-order valence-electron chi connectivity index (χ0n) is 9.03. The van der Waals surface area contributed by atoms with E-state index in [1.807, 2.05) is 6.92 Å². The lowest BCUT2D eigenvalue weighted by molar-refractivity contribution is 0.250. The highest BCUT2D eigenvalue weighted by molar-refractivity contribution is 7.99. The summed E-state index contributed by atoms with van der Waals surface area (Å²) >= 11 is 1.40. The summed E-state index contributed by atoms with van der Waals surface area (Å²) in [6.45, 7) is 2.00. The molecule has 0 aliphatic rings. The number of nitrogens with one attached hydrogen (secondary N) is 1. The smallest absolute Gasteiger partial charge is 0.135 e. The van der Waals surface area contributed by atoms with Crippen molar-refractivity contribution in [3.05, 3.63) is 29.6 Å². The highest BCUT2D eigenvalue weighted by Crippen LogP contribution is 2.26. The Morgan fingerprint density at radius 1 is 1.62 bits per heavy atom. The lowest BCUT2D eigenvalue weighted by atomic mass is 10.2. The van der Waals surface area contributed by atoms with Crippen molar-refractivity contribution in [3.63, 3.8) is 0 Å². The van der Waals surface area contributed by atoms with E-state index in [0.29, 0.717) is 10.6 Å². The topological polar surface area (TPSA) is 70.1 Å². The van der Waals surface area contributed by atoms with Gasteiger partial charge in [0.05, 0.1) is 5.56 Å². The molecule has 1 unspecified atom stereocenters. The summed E-state index contributed by atoms with van der Waals surface area (Å²) in [5, 5.41) is 16.2. The Labute approximate surface area is 98.4 Å². The molecule has 0 fully saturated rings. The fourth-order valence-corrected chi connectivity index (χ4v) is 2.27. The van der Waals surface area contributed by atoms with Gasteiger partial charge >= 0.3 is 0 Å². The summed E-state index contributed by atoms with van der Waals surface area (Å²) in [6, 6.07) is 4.61. The van der Waals surface area contributed by atoms with Crippen LogP contribution in [0, 0.1) is 17.1 Å². The van der Waals surface area contributed by atoms with Crippen molar-refractivity contribution in [2.24, 2.45) is 11.7 Å². The zero-order chi connectivity index (χ0) is 12.1. The summed E-state index contributed by atoms with van der Waals surface area (Å²) < 4.78 is 13.4. The van der Waals surface area contributed by atoms with Gasteiger partial charge in [-0.15, -0.1) is 11.8 Å². The van der Waals surface area contributed by atoms with E-state index in [-0.39, 0.29) is 23.9 Å². The first-order chi connectivity index (χ1) is 7.56. The number of nitrogen functional groups attached to an aromatic ring is 1. The Hall–Kier alpha value is -1.07. The molecule has 16 heavy (non-hydrogen) atoms. The number of nitrogens with two attached hydrogens (primary N) is 1. The fraction of sp³-hybridized carbons (Fsp3) is 0.364. The van der Waals surface area contributed by atoms with Crippen LogP contribution < -0.4 is 5.73 Å². The minimum absolute atomic E-state index is 0.0950. The molecule has 88 valence electrons. The quantitative estimate of drug-likeness (QED) is 0.419. The van der Waals surface area contributed by atoms with Crippen LogP contribution in [0.3, 0.4) is 0 Å². The van der Waals surface area contributed by atoms with Gasteiger partial charge in [0, 0.05) is 17.3 Å². The molecule has 0 saturated carbocycles. The van der Waals surface area contributed by atoms with Crippen LogP contribution in [0.1, 0.15) is 12.5 Å². The van der Waals surface area contributed by atoms with Crippen molar-refractivity contribution in [2.45, 2.75) is 11.8 Å². The average molecular weight is 242 g/mol. The van der Waals surface area contributed by atoms with Gasteiger partial charge in [0.1, 0.15) is 11.7 Å². The third-order valence-corrected chi connectivity index (χ3v) is 3.47. The Morgan fingerprint density at radius 2 is 2.31 bits per heavy atom. The van der Waals surface area contributed by atoms with Crippen LogP contribution in [0.25, 0.3) is 0 Å². The number of hydrogen-bond acceptors (Lipinski definition) is 3. The third-order valence-electron chi connectivity index (χ3n) is 2.08. The van der Waals surface area contributed by atoms with Gasteiger partial charge in [-0.1, -0.05) is 13.0 Å². The van der Waals surface area contributed by atoms with E-state index in [2.05, 4.69) is 0 Å². The van der Waals surface area contributed by atoms with E-state index < -0.39 is 5.82 Å². The molecule has 1 aromatic rings. The summed E-state index contributed by atoms with van der Waals surface area (Å²) in [7, 11) is 0. The molecule has 5 heteroatoms. The Kier molecular flexibility index (Phi) is 4.76. The second-order valence-corrected chi connectivity index (χ2v) is 4.69. The van der Waals surface area contributed by atoms with Gasteiger partial charge < -0.3 is 10.8 Å². The van der Waals surface area contributed by atoms with Gasteiger partial charge in [-0.2, -0.15) is 0 Å². The summed E-state index contributed by atoms with van der Waals surface area (Å²) in [5.74, 6) is 0.0553. The minimum atomic E-state index is -0.478. The molecular weight excluding hydrogens is 227 g/mol. The zero-order valence-corrected chi connectivity index (χ0v) is 9.85. The second kappa shape index (κ2) is 5.86. The van der Waals surface area contributed by atoms with E-state index >= 15 is 0 Å². The number of thioether (sulfide) groups is 1. The van der Waals surface area contributed by atoms with Crippen molar-refractivity contribution in [1.82, 2.24) is 0 Å². The molecular formula is C11H15FN2OS. The standard InChI is InChI=1S/C11H15FN2OS/c1-7(5-15)6-16-9-4-2-3-8(12)10(9)11(13)14/h2-4,7,15H,5-6H2,1H3,(H3,13,14). The van der Waals surface area contributed by atoms with Crippen LogP contribution in [0.2, 0.25) is 0 Å². The van der Waals surface area contributed by atoms with Crippen molar-refractivity contribution < 1.29 is 9.50 Å². The normalized spacial score (nSPS) is 12.4. The fourth-order valence-electron chi connectivity index (χ4n) is 1.17. The van der Waals surface area contributed by atoms with Gasteiger partial charge in [-0.3, -0.25) is 5.41 Å². The van der Waals surface area contributed by atoms with Crippen LogP contribution in [-0.2, 0) is 0 Å². The SMILES string of the molecule is CC(CO)CSc1cccc(F)c1C(=N)N. The van der Waals surface area contributed by atoms with Crippen LogP contribution in [-0.4, -0.2) is 23.3 Å². The molecule has 0 aliphatic heterocycles. The van der Waals surface area contributed by atoms with Gasteiger partial charge in [0.2, 0.25) is 0 Å². The van der Waals surface area contributed by atoms with E-state index in [0.717, 1.165) is 0 Å². The predicted molar refractivity (Wildman–Crippen MR) is 64.4 cm³/mol. The van der Waals surface area contributed by atoms with Crippen LogP contribution in [0.5, 0.6) is 0 Å². The number of hydrogen-bond donors (Lipinski definition) is 3. The molecule has 0 aliphatic carbocycles. The van der Waals surface area contributed by atoms with Crippen LogP contribution in [0.15, 0.2) is 23.1 Å². The maximum Gasteiger partial charge on any atom is 0.135 e. The van der Waals surface area contributed by atoms with Gasteiger partial charge in [-0.25, -0.2) is 4.39 Å². The molecule has 0 saturated heterocycles. The Morgan fingerprint density at radius 3 is 2.88 bits per heavy atom. The third kappa shape index (κ3) is 3.21. The molecule has 4 N–H and O–H groups in total. The average Bonchev–Trinajstić information content (AvgIpc) is 2.25. The van der Waals surface area contributed by atoms with Gasteiger partial charge in [0.25, 0.3) is 0 Å². The minimum Gasteiger partial charge on any atom is -0.396 e.